The number of carbonyl (C=O) groups excluding carboxylic acids is 1. The summed E-state index contributed by atoms with van der Waals surface area (Å²) in [5.74, 6) is 5.25. The number of aliphatic hydroxyl groups is 1. The lowest BCUT2D eigenvalue weighted by Gasteiger charge is -2.12. The minimum absolute atomic E-state index is 0.132. The number of thiophene rings is 1. The van der Waals surface area contributed by atoms with Gasteiger partial charge in [-0.15, -0.1) is 11.3 Å². The highest BCUT2D eigenvalue weighted by atomic mass is 32.1. The van der Waals surface area contributed by atoms with Crippen LogP contribution in [0.5, 0.6) is 0 Å². The van der Waals surface area contributed by atoms with Gasteiger partial charge in [-0.05, 0) is 44.0 Å². The maximum Gasteiger partial charge on any atom is 0.265 e. The van der Waals surface area contributed by atoms with E-state index in [1.165, 1.54) is 16.9 Å². The molecule has 0 radical (unpaired) electrons. The molecule has 2 N–H and O–H groups in total. The van der Waals surface area contributed by atoms with Crippen LogP contribution in [0, 0.1) is 32.6 Å². The second-order valence-electron chi connectivity index (χ2n) is 4.85. The summed E-state index contributed by atoms with van der Waals surface area (Å²) in [5.41, 5.74) is 4.15. The molecule has 1 amide bonds. The molecule has 2 aromatic rings. The first kappa shape index (κ1) is 15.3. The van der Waals surface area contributed by atoms with Crippen molar-refractivity contribution in [1.29, 1.82) is 0 Å². The van der Waals surface area contributed by atoms with Gasteiger partial charge in [0.25, 0.3) is 5.91 Å². The van der Waals surface area contributed by atoms with Crippen molar-refractivity contribution in [3.63, 3.8) is 0 Å². The fraction of sp³-hybridized carbons (Fsp3) is 0.235. The number of hydrogen-bond donors (Lipinski definition) is 2. The number of nitrogens with one attached hydrogen (secondary N) is 1. The van der Waals surface area contributed by atoms with Crippen LogP contribution in [0.3, 0.4) is 0 Å². The van der Waals surface area contributed by atoms with Crippen molar-refractivity contribution >= 4 is 22.9 Å². The second-order valence-corrected chi connectivity index (χ2v) is 5.94. The Morgan fingerprint density at radius 2 is 1.90 bits per heavy atom. The quantitative estimate of drug-likeness (QED) is 0.836. The molecule has 0 spiro atoms. The third-order valence-electron chi connectivity index (χ3n) is 3.04. The standard InChI is InChI=1S/C17H17NO2S/c1-11-9-12(2)16(13(3)10-11)18-17(20)15-7-6-14(21-15)5-4-8-19/h6-7,9-10,19H,8H2,1-3H3,(H,18,20). The Morgan fingerprint density at radius 3 is 2.52 bits per heavy atom. The minimum atomic E-state index is -0.179. The summed E-state index contributed by atoms with van der Waals surface area (Å²) in [4.78, 5) is 13.7. The van der Waals surface area contributed by atoms with Crippen molar-refractivity contribution in [3.05, 3.63) is 50.7 Å². The third kappa shape index (κ3) is 3.72. The molecule has 4 heteroatoms. The topological polar surface area (TPSA) is 49.3 Å². The lowest BCUT2D eigenvalue weighted by Crippen LogP contribution is -2.12. The monoisotopic (exact) mass is 299 g/mol. The lowest BCUT2D eigenvalue weighted by atomic mass is 10.1. The van der Waals surface area contributed by atoms with Crippen LogP contribution in [0.15, 0.2) is 24.3 Å². The molecular weight excluding hydrogens is 282 g/mol. The summed E-state index contributed by atoms with van der Waals surface area (Å²) in [5, 5.41) is 11.6. The summed E-state index contributed by atoms with van der Waals surface area (Å²) in [6.45, 7) is 5.84. The Hall–Kier alpha value is -2.09. The Balaban J connectivity index is 2.20. The van der Waals surface area contributed by atoms with Gasteiger partial charge in [0.15, 0.2) is 0 Å². The number of rotatable bonds is 2. The Morgan fingerprint density at radius 1 is 1.24 bits per heavy atom. The predicted molar refractivity (Wildman–Crippen MR) is 86.9 cm³/mol. The minimum Gasteiger partial charge on any atom is -0.384 e. The van der Waals surface area contributed by atoms with Crippen LogP contribution < -0.4 is 5.32 Å². The summed E-state index contributed by atoms with van der Waals surface area (Å²) in [7, 11) is 0. The van der Waals surface area contributed by atoms with E-state index in [9.17, 15) is 4.79 Å². The number of aliphatic hydroxyl groups excluding tert-OH is 1. The molecule has 0 fully saturated rings. The smallest absolute Gasteiger partial charge is 0.265 e. The molecule has 1 heterocycles. The van der Waals surface area contributed by atoms with E-state index in [0.29, 0.717) is 4.88 Å². The van der Waals surface area contributed by atoms with E-state index in [1.54, 1.807) is 12.1 Å². The molecule has 1 aromatic heterocycles. The van der Waals surface area contributed by atoms with Gasteiger partial charge in [0.2, 0.25) is 0 Å². The van der Waals surface area contributed by atoms with Gasteiger partial charge < -0.3 is 10.4 Å². The van der Waals surface area contributed by atoms with E-state index in [0.717, 1.165) is 21.7 Å². The summed E-state index contributed by atoms with van der Waals surface area (Å²) >= 11 is 1.32. The molecule has 0 saturated carbocycles. The van der Waals surface area contributed by atoms with Crippen LogP contribution in [-0.4, -0.2) is 17.6 Å². The van der Waals surface area contributed by atoms with Crippen LogP contribution in [-0.2, 0) is 0 Å². The maximum atomic E-state index is 12.3. The van der Waals surface area contributed by atoms with E-state index in [2.05, 4.69) is 29.3 Å². The zero-order valence-electron chi connectivity index (χ0n) is 12.3. The van der Waals surface area contributed by atoms with Crippen molar-refractivity contribution in [1.82, 2.24) is 0 Å². The van der Waals surface area contributed by atoms with Gasteiger partial charge in [-0.2, -0.15) is 0 Å². The Kier molecular flexibility index (Phi) is 4.79. The zero-order valence-corrected chi connectivity index (χ0v) is 13.1. The van der Waals surface area contributed by atoms with Crippen LogP contribution in [0.1, 0.15) is 31.2 Å². The highest BCUT2D eigenvalue weighted by molar-refractivity contribution is 7.14. The third-order valence-corrected chi connectivity index (χ3v) is 4.04. The number of carbonyl (C=O) groups is 1. The van der Waals surface area contributed by atoms with Gasteiger partial charge in [-0.25, -0.2) is 0 Å². The van der Waals surface area contributed by atoms with Gasteiger partial charge in [0.1, 0.15) is 6.61 Å². The molecule has 1 aromatic carbocycles. The first-order valence-electron chi connectivity index (χ1n) is 6.60. The molecule has 0 atom stereocenters. The molecule has 108 valence electrons. The molecule has 0 aliphatic carbocycles. The highest BCUT2D eigenvalue weighted by Gasteiger charge is 2.12. The van der Waals surface area contributed by atoms with E-state index < -0.39 is 0 Å². The molecule has 2 rings (SSSR count). The van der Waals surface area contributed by atoms with E-state index >= 15 is 0 Å². The lowest BCUT2D eigenvalue weighted by molar-refractivity contribution is 0.103. The maximum absolute atomic E-state index is 12.3. The number of aryl methyl sites for hydroxylation is 3. The fourth-order valence-electron chi connectivity index (χ4n) is 2.21. The van der Waals surface area contributed by atoms with Gasteiger partial charge >= 0.3 is 0 Å². The number of hydrogen-bond acceptors (Lipinski definition) is 3. The van der Waals surface area contributed by atoms with Crippen molar-refractivity contribution in [2.75, 3.05) is 11.9 Å². The molecule has 3 nitrogen and oxygen atoms in total. The first-order valence-corrected chi connectivity index (χ1v) is 7.41. The van der Waals surface area contributed by atoms with Crippen molar-refractivity contribution in [2.24, 2.45) is 0 Å². The largest absolute Gasteiger partial charge is 0.384 e. The first-order chi connectivity index (χ1) is 10.0. The number of amides is 1. The van der Waals surface area contributed by atoms with E-state index in [1.807, 2.05) is 20.8 Å². The average molecular weight is 299 g/mol. The molecule has 0 aliphatic heterocycles. The van der Waals surface area contributed by atoms with Gasteiger partial charge in [-0.3, -0.25) is 4.79 Å². The molecule has 0 aliphatic rings. The predicted octanol–water partition coefficient (Wildman–Crippen LogP) is 3.27. The molecule has 0 bridgehead atoms. The zero-order chi connectivity index (χ0) is 15.4. The van der Waals surface area contributed by atoms with Crippen LogP contribution in [0.25, 0.3) is 0 Å². The van der Waals surface area contributed by atoms with Crippen molar-refractivity contribution < 1.29 is 9.90 Å². The van der Waals surface area contributed by atoms with Gasteiger partial charge in [0, 0.05) is 5.69 Å². The normalized spacial score (nSPS) is 9.90. The Labute approximate surface area is 128 Å². The average Bonchev–Trinajstić information content (AvgIpc) is 2.89. The van der Waals surface area contributed by atoms with Crippen molar-refractivity contribution in [2.45, 2.75) is 20.8 Å². The number of anilines is 1. The second kappa shape index (κ2) is 6.57. The SMILES string of the molecule is Cc1cc(C)c(NC(=O)c2ccc(C#CCO)s2)c(C)c1. The molecule has 0 saturated heterocycles. The Bertz CT molecular complexity index is 712. The molecule has 21 heavy (non-hydrogen) atoms. The van der Waals surface area contributed by atoms with Gasteiger partial charge in [-0.1, -0.05) is 29.5 Å². The van der Waals surface area contributed by atoms with Crippen LogP contribution in [0.4, 0.5) is 5.69 Å². The fourth-order valence-corrected chi connectivity index (χ4v) is 2.98. The van der Waals surface area contributed by atoms with Gasteiger partial charge in [0.05, 0.1) is 9.75 Å². The van der Waals surface area contributed by atoms with E-state index in [4.69, 9.17) is 5.11 Å². The van der Waals surface area contributed by atoms with Crippen LogP contribution in [0.2, 0.25) is 0 Å². The summed E-state index contributed by atoms with van der Waals surface area (Å²) < 4.78 is 0. The van der Waals surface area contributed by atoms with Crippen LogP contribution >= 0.6 is 11.3 Å². The molecular formula is C17H17NO2S. The van der Waals surface area contributed by atoms with E-state index in [-0.39, 0.29) is 12.5 Å². The summed E-state index contributed by atoms with van der Waals surface area (Å²) in [6.07, 6.45) is 0. The van der Waals surface area contributed by atoms with Crippen molar-refractivity contribution in [3.8, 4) is 11.8 Å². The highest BCUT2D eigenvalue weighted by Crippen LogP contribution is 2.24. The summed E-state index contributed by atoms with van der Waals surface area (Å²) in [6, 6.07) is 7.64. The molecule has 0 unspecified atom stereocenters. The number of benzene rings is 1.